The second kappa shape index (κ2) is 8.46. The van der Waals surface area contributed by atoms with Crippen LogP contribution in [0, 0.1) is 0 Å². The molecule has 0 saturated heterocycles. The Morgan fingerprint density at radius 1 is 0.897 bits per heavy atom. The van der Waals surface area contributed by atoms with Gasteiger partial charge in [-0.2, -0.15) is 0 Å². The molecule has 146 valence electrons. The third-order valence-electron chi connectivity index (χ3n) is 5.58. The van der Waals surface area contributed by atoms with Crippen molar-refractivity contribution in [2.45, 2.75) is 30.5 Å². The Morgan fingerprint density at radius 2 is 1.34 bits per heavy atom. The number of benzene rings is 3. The zero-order valence-corrected chi connectivity index (χ0v) is 16.3. The molecule has 0 aromatic heterocycles. The lowest BCUT2D eigenvalue weighted by molar-refractivity contribution is -0.0151. The highest BCUT2D eigenvalue weighted by molar-refractivity contribution is 6.02. The zero-order valence-electron chi connectivity index (χ0n) is 16.3. The summed E-state index contributed by atoms with van der Waals surface area (Å²) in [6.45, 7) is 3.73. The number of aliphatic hydroxyl groups excluding tert-OH is 1. The number of hydrogen-bond acceptors (Lipinski definition) is 3. The van der Waals surface area contributed by atoms with Crippen molar-refractivity contribution in [2.75, 3.05) is 0 Å². The van der Waals surface area contributed by atoms with E-state index in [2.05, 4.69) is 84.5 Å². The maximum atomic E-state index is 10.5. The molecule has 1 N–H and O–H groups in total. The topological polar surface area (TPSA) is 41.8 Å². The van der Waals surface area contributed by atoms with Gasteiger partial charge in [0.25, 0.3) is 0 Å². The summed E-state index contributed by atoms with van der Waals surface area (Å²) < 4.78 is 0. The Labute approximate surface area is 172 Å². The van der Waals surface area contributed by atoms with Gasteiger partial charge in [-0.1, -0.05) is 102 Å². The molecule has 0 radical (unpaired) electrons. The Morgan fingerprint density at radius 3 is 1.76 bits per heavy atom. The van der Waals surface area contributed by atoms with Crippen LogP contribution in [0.2, 0.25) is 0 Å². The molecule has 1 aliphatic rings. The molecule has 4 rings (SSSR count). The van der Waals surface area contributed by atoms with Crippen molar-refractivity contribution in [2.24, 2.45) is 5.16 Å². The molecular formula is C26H25NO2. The summed E-state index contributed by atoms with van der Waals surface area (Å²) in [5.74, 6) is 0. The van der Waals surface area contributed by atoms with E-state index in [1.807, 2.05) is 18.2 Å². The van der Waals surface area contributed by atoms with Gasteiger partial charge in [0, 0.05) is 6.42 Å². The van der Waals surface area contributed by atoms with Crippen molar-refractivity contribution >= 4 is 5.71 Å². The molecule has 29 heavy (non-hydrogen) atoms. The van der Waals surface area contributed by atoms with Gasteiger partial charge < -0.3 is 9.94 Å². The van der Waals surface area contributed by atoms with Crippen molar-refractivity contribution in [3.05, 3.63) is 120 Å². The van der Waals surface area contributed by atoms with E-state index in [9.17, 15) is 5.11 Å². The molecule has 0 bridgehead atoms. The molecule has 0 amide bonds. The van der Waals surface area contributed by atoms with E-state index in [0.29, 0.717) is 12.8 Å². The third kappa shape index (κ3) is 3.50. The number of hydrogen-bond donors (Lipinski definition) is 1. The predicted molar refractivity (Wildman–Crippen MR) is 117 cm³/mol. The monoisotopic (exact) mass is 383 g/mol. The van der Waals surface area contributed by atoms with Gasteiger partial charge >= 0.3 is 0 Å². The first kappa shape index (κ1) is 19.2. The minimum Gasteiger partial charge on any atom is -0.389 e. The van der Waals surface area contributed by atoms with Gasteiger partial charge in [0.1, 0.15) is 0 Å². The lowest BCUT2D eigenvalue weighted by Gasteiger charge is -2.35. The highest BCUT2D eigenvalue weighted by atomic mass is 16.7. The van der Waals surface area contributed by atoms with Crippen LogP contribution in [0.1, 0.15) is 29.5 Å². The molecule has 0 spiro atoms. The van der Waals surface area contributed by atoms with Crippen LogP contribution in [0.15, 0.2) is 109 Å². The van der Waals surface area contributed by atoms with Crippen molar-refractivity contribution in [1.29, 1.82) is 0 Å². The van der Waals surface area contributed by atoms with E-state index in [-0.39, 0.29) is 6.10 Å². The quantitative estimate of drug-likeness (QED) is 0.455. The molecule has 3 aromatic rings. The molecule has 0 aliphatic carbocycles. The van der Waals surface area contributed by atoms with Crippen LogP contribution in [-0.2, 0) is 10.3 Å². The fourth-order valence-electron chi connectivity index (χ4n) is 4.21. The molecule has 3 nitrogen and oxygen atoms in total. The van der Waals surface area contributed by atoms with E-state index in [1.54, 1.807) is 6.08 Å². The molecule has 0 saturated carbocycles. The molecule has 0 fully saturated rings. The maximum absolute atomic E-state index is 10.5. The molecule has 0 unspecified atom stereocenters. The molecule has 3 heteroatoms. The van der Waals surface area contributed by atoms with Gasteiger partial charge in [-0.15, -0.1) is 6.58 Å². The van der Waals surface area contributed by atoms with Gasteiger partial charge in [0.05, 0.1) is 17.2 Å². The molecule has 1 heterocycles. The van der Waals surface area contributed by atoms with Crippen LogP contribution in [-0.4, -0.2) is 23.0 Å². The summed E-state index contributed by atoms with van der Waals surface area (Å²) in [7, 11) is 0. The SMILES string of the molecule is C=CC[C@@H](O)[C@H]1CC(C(c2ccccc2)(c2ccccc2)c2ccccc2)=NO1. The maximum Gasteiger partial charge on any atom is 0.158 e. The Balaban J connectivity index is 1.91. The van der Waals surface area contributed by atoms with Crippen molar-refractivity contribution in [1.82, 2.24) is 0 Å². The van der Waals surface area contributed by atoms with Gasteiger partial charge in [-0.05, 0) is 23.1 Å². The smallest absolute Gasteiger partial charge is 0.158 e. The highest BCUT2D eigenvalue weighted by Gasteiger charge is 2.45. The summed E-state index contributed by atoms with van der Waals surface area (Å²) in [6, 6.07) is 31.2. The van der Waals surface area contributed by atoms with Gasteiger partial charge in [-0.3, -0.25) is 0 Å². The number of aliphatic hydroxyl groups is 1. The Hall–Kier alpha value is -3.17. The number of rotatable bonds is 7. The second-order valence-corrected chi connectivity index (χ2v) is 7.33. The molecule has 2 atom stereocenters. The standard InChI is InChI=1S/C26H25NO2/c1-2-12-23(28)24-19-25(27-29-24)26(20-13-6-3-7-14-20,21-15-8-4-9-16-21)22-17-10-5-11-18-22/h2-11,13-18,23-24,28H,1,12,19H2/t23-,24-/m1/s1. The Bertz CT molecular complexity index is 871. The summed E-state index contributed by atoms with van der Waals surface area (Å²) in [6.07, 6.45) is 1.73. The van der Waals surface area contributed by atoms with Crippen molar-refractivity contribution in [3.8, 4) is 0 Å². The molecular weight excluding hydrogens is 358 g/mol. The van der Waals surface area contributed by atoms with E-state index in [1.165, 1.54) is 0 Å². The number of oxime groups is 1. The molecule has 3 aromatic carbocycles. The summed E-state index contributed by atoms with van der Waals surface area (Å²) >= 11 is 0. The summed E-state index contributed by atoms with van der Waals surface area (Å²) in [5.41, 5.74) is 3.68. The van der Waals surface area contributed by atoms with E-state index < -0.39 is 11.5 Å². The van der Waals surface area contributed by atoms with Gasteiger partial charge in [-0.25, -0.2) is 0 Å². The third-order valence-corrected chi connectivity index (χ3v) is 5.58. The zero-order chi connectivity index (χ0) is 20.1. The summed E-state index contributed by atoms with van der Waals surface area (Å²) in [5, 5.41) is 15.0. The van der Waals surface area contributed by atoms with Crippen LogP contribution < -0.4 is 0 Å². The molecule has 1 aliphatic heterocycles. The van der Waals surface area contributed by atoms with Crippen molar-refractivity contribution in [3.63, 3.8) is 0 Å². The normalized spacial score (nSPS) is 17.3. The van der Waals surface area contributed by atoms with Gasteiger partial charge in [0.15, 0.2) is 6.10 Å². The van der Waals surface area contributed by atoms with Crippen molar-refractivity contribution < 1.29 is 9.94 Å². The minimum absolute atomic E-state index is 0.376. The van der Waals surface area contributed by atoms with Crippen LogP contribution in [0.25, 0.3) is 0 Å². The second-order valence-electron chi connectivity index (χ2n) is 7.33. The van der Waals surface area contributed by atoms with E-state index in [0.717, 1.165) is 22.4 Å². The average Bonchev–Trinajstić information content (AvgIpc) is 3.27. The van der Waals surface area contributed by atoms with E-state index >= 15 is 0 Å². The van der Waals surface area contributed by atoms with E-state index in [4.69, 9.17) is 4.84 Å². The largest absolute Gasteiger partial charge is 0.389 e. The first-order valence-electron chi connectivity index (χ1n) is 9.95. The average molecular weight is 383 g/mol. The predicted octanol–water partition coefficient (Wildman–Crippen LogP) is 5.10. The van der Waals surface area contributed by atoms with Crippen LogP contribution in [0.5, 0.6) is 0 Å². The summed E-state index contributed by atoms with van der Waals surface area (Å²) in [4.78, 5) is 5.74. The highest BCUT2D eigenvalue weighted by Crippen LogP contribution is 2.43. The lowest BCUT2D eigenvalue weighted by atomic mass is 9.65. The fourth-order valence-corrected chi connectivity index (χ4v) is 4.21. The van der Waals surface area contributed by atoms with Crippen LogP contribution >= 0.6 is 0 Å². The minimum atomic E-state index is -0.631. The fraction of sp³-hybridized carbons (Fsp3) is 0.192. The first-order valence-corrected chi connectivity index (χ1v) is 9.95. The lowest BCUT2D eigenvalue weighted by Crippen LogP contribution is -2.39. The first-order chi connectivity index (χ1) is 14.3. The number of nitrogens with zero attached hydrogens (tertiary/aromatic N) is 1. The van der Waals surface area contributed by atoms with Crippen LogP contribution in [0.4, 0.5) is 0 Å². The Kier molecular flexibility index (Phi) is 5.59. The van der Waals surface area contributed by atoms with Gasteiger partial charge in [0.2, 0.25) is 0 Å². The van der Waals surface area contributed by atoms with Crippen LogP contribution in [0.3, 0.4) is 0 Å².